The monoisotopic (exact) mass is 364 g/mol. The number of hydrogen-bond acceptors (Lipinski definition) is 5. The number of hydrogen-bond donors (Lipinski definition) is 1. The van der Waals surface area contributed by atoms with Crippen molar-refractivity contribution in [3.8, 4) is 12.0 Å². The highest BCUT2D eigenvalue weighted by molar-refractivity contribution is 6.07. The zero-order valence-corrected chi connectivity index (χ0v) is 14.7. The van der Waals surface area contributed by atoms with Gasteiger partial charge < -0.3 is 9.73 Å². The van der Waals surface area contributed by atoms with Crippen molar-refractivity contribution in [3.63, 3.8) is 0 Å². The maximum absolute atomic E-state index is 12.7. The molecule has 3 aromatic rings. The predicted octanol–water partition coefficient (Wildman–Crippen LogP) is 3.97. The van der Waals surface area contributed by atoms with Crippen LogP contribution in [0, 0.1) is 28.4 Å². The number of carbonyl (C=O) groups is 1. The average Bonchev–Trinajstić information content (AvgIpc) is 3.28. The molecule has 0 saturated carbocycles. The molecule has 1 aromatic carbocycles. The van der Waals surface area contributed by atoms with Crippen molar-refractivity contribution >= 4 is 17.3 Å². The van der Waals surface area contributed by atoms with Gasteiger partial charge in [0.2, 0.25) is 5.88 Å². The van der Waals surface area contributed by atoms with E-state index in [-0.39, 0.29) is 34.1 Å². The lowest BCUT2D eigenvalue weighted by Crippen LogP contribution is -2.14. The minimum Gasteiger partial charge on any atom is -0.443 e. The number of nitro groups is 1. The molecule has 0 radical (unpaired) electrons. The van der Waals surface area contributed by atoms with Gasteiger partial charge >= 0.3 is 0 Å². The molecule has 27 heavy (non-hydrogen) atoms. The molecule has 0 saturated heterocycles. The second-order valence-corrected chi connectivity index (χ2v) is 5.82. The van der Waals surface area contributed by atoms with E-state index in [0.29, 0.717) is 12.0 Å². The summed E-state index contributed by atoms with van der Waals surface area (Å²) in [7, 11) is 0. The fourth-order valence-electron chi connectivity index (χ4n) is 2.86. The zero-order chi connectivity index (χ0) is 19.6. The summed E-state index contributed by atoms with van der Waals surface area (Å²) in [6.07, 6.45) is 3.91. The van der Waals surface area contributed by atoms with E-state index in [1.54, 1.807) is 48.1 Å². The molecule has 1 amide bonds. The van der Waals surface area contributed by atoms with Gasteiger partial charge in [-0.25, -0.2) is 0 Å². The van der Waals surface area contributed by atoms with Crippen molar-refractivity contribution in [1.82, 2.24) is 4.57 Å². The number of aromatic nitrogens is 1. The molecule has 8 nitrogen and oxygen atoms in total. The third kappa shape index (κ3) is 3.30. The van der Waals surface area contributed by atoms with E-state index in [2.05, 4.69) is 5.32 Å². The smallest absolute Gasteiger partial charge is 0.274 e. The number of amides is 1. The number of nitrogens with one attached hydrogen (secondary N) is 1. The first-order valence-electron chi connectivity index (χ1n) is 8.21. The summed E-state index contributed by atoms with van der Waals surface area (Å²) in [5.74, 6) is -0.0327. The lowest BCUT2D eigenvalue weighted by atomic mass is 10.1. The van der Waals surface area contributed by atoms with Gasteiger partial charge in [-0.3, -0.25) is 19.5 Å². The average molecular weight is 364 g/mol. The highest BCUT2D eigenvalue weighted by atomic mass is 16.6. The molecule has 0 bridgehead atoms. The van der Waals surface area contributed by atoms with E-state index < -0.39 is 10.8 Å². The first-order valence-corrected chi connectivity index (χ1v) is 8.21. The Hall–Kier alpha value is -3.86. The Morgan fingerprint density at radius 3 is 2.67 bits per heavy atom. The topological polar surface area (TPSA) is 114 Å². The van der Waals surface area contributed by atoms with Gasteiger partial charge in [-0.1, -0.05) is 13.0 Å². The van der Waals surface area contributed by atoms with Crippen LogP contribution >= 0.6 is 0 Å². The number of anilines is 1. The van der Waals surface area contributed by atoms with Gasteiger partial charge in [-0.15, -0.1) is 0 Å². The van der Waals surface area contributed by atoms with E-state index in [0.717, 1.165) is 0 Å². The van der Waals surface area contributed by atoms with E-state index in [1.165, 1.54) is 6.07 Å². The lowest BCUT2D eigenvalue weighted by molar-refractivity contribution is -0.385. The van der Waals surface area contributed by atoms with Crippen molar-refractivity contribution in [3.05, 3.63) is 75.3 Å². The number of nitriles is 1. The van der Waals surface area contributed by atoms with E-state index in [1.807, 2.05) is 13.0 Å². The number of nitrogens with zero attached hydrogens (tertiary/aromatic N) is 3. The predicted molar refractivity (Wildman–Crippen MR) is 97.9 cm³/mol. The number of aryl methyl sites for hydroxylation is 2. The summed E-state index contributed by atoms with van der Waals surface area (Å²) >= 11 is 0. The van der Waals surface area contributed by atoms with Crippen LogP contribution in [-0.2, 0) is 6.42 Å². The fraction of sp³-hybridized carbons (Fsp3) is 0.158. The number of nitro benzene ring substituents is 1. The van der Waals surface area contributed by atoms with Gasteiger partial charge in [0, 0.05) is 29.7 Å². The van der Waals surface area contributed by atoms with Gasteiger partial charge in [0.15, 0.2) is 0 Å². The summed E-state index contributed by atoms with van der Waals surface area (Å²) in [5, 5.41) is 23.3. The quantitative estimate of drug-likeness (QED) is 0.543. The third-order valence-electron chi connectivity index (χ3n) is 4.16. The van der Waals surface area contributed by atoms with Crippen molar-refractivity contribution < 1.29 is 14.1 Å². The van der Waals surface area contributed by atoms with E-state index in [9.17, 15) is 20.2 Å². The number of rotatable bonds is 5. The van der Waals surface area contributed by atoms with Crippen LogP contribution in [0.1, 0.15) is 34.2 Å². The molecule has 0 aliphatic rings. The molecule has 0 atom stereocenters. The van der Waals surface area contributed by atoms with Crippen LogP contribution in [-0.4, -0.2) is 15.4 Å². The van der Waals surface area contributed by atoms with Crippen LogP contribution < -0.4 is 5.32 Å². The van der Waals surface area contributed by atoms with E-state index >= 15 is 0 Å². The summed E-state index contributed by atoms with van der Waals surface area (Å²) in [4.78, 5) is 23.5. The highest BCUT2D eigenvalue weighted by Crippen LogP contribution is 2.28. The number of furan rings is 1. The van der Waals surface area contributed by atoms with Crippen molar-refractivity contribution in [1.29, 1.82) is 5.26 Å². The second-order valence-electron chi connectivity index (χ2n) is 5.82. The second kappa shape index (κ2) is 7.17. The maximum atomic E-state index is 12.7. The molecule has 8 heteroatoms. The zero-order valence-electron chi connectivity index (χ0n) is 14.7. The number of benzene rings is 1. The molecule has 0 aliphatic carbocycles. The first kappa shape index (κ1) is 17.9. The minimum absolute atomic E-state index is 0.0623. The Morgan fingerprint density at radius 1 is 1.37 bits per heavy atom. The Bertz CT molecular complexity index is 1060. The molecular weight excluding hydrogens is 348 g/mol. The Labute approximate surface area is 154 Å². The molecule has 0 unspecified atom stereocenters. The SMILES string of the molecule is CCc1ccc(NC(=O)c2c(C)oc(-n3cccc3)c2C#N)cc1[N+](=O)[O-]. The first-order chi connectivity index (χ1) is 13.0. The summed E-state index contributed by atoms with van der Waals surface area (Å²) < 4.78 is 7.21. The lowest BCUT2D eigenvalue weighted by Gasteiger charge is -2.07. The molecule has 0 spiro atoms. The van der Waals surface area contributed by atoms with Crippen LogP contribution in [0.25, 0.3) is 5.88 Å². The molecule has 2 aromatic heterocycles. The van der Waals surface area contributed by atoms with Gasteiger partial charge in [0.1, 0.15) is 23.0 Å². The van der Waals surface area contributed by atoms with Crippen LogP contribution in [0.4, 0.5) is 11.4 Å². The summed E-state index contributed by atoms with van der Waals surface area (Å²) in [6, 6.07) is 10.1. The minimum atomic E-state index is -0.565. The van der Waals surface area contributed by atoms with Gasteiger partial charge in [0.05, 0.1) is 4.92 Å². The largest absolute Gasteiger partial charge is 0.443 e. The van der Waals surface area contributed by atoms with Gasteiger partial charge in [0.25, 0.3) is 11.6 Å². The van der Waals surface area contributed by atoms with Crippen molar-refractivity contribution in [2.24, 2.45) is 0 Å². The van der Waals surface area contributed by atoms with Crippen molar-refractivity contribution in [2.45, 2.75) is 20.3 Å². The van der Waals surface area contributed by atoms with Gasteiger partial charge in [-0.05, 0) is 31.5 Å². The maximum Gasteiger partial charge on any atom is 0.274 e. The molecule has 136 valence electrons. The van der Waals surface area contributed by atoms with Crippen LogP contribution in [0.15, 0.2) is 47.1 Å². The Balaban J connectivity index is 1.97. The number of carbonyl (C=O) groups excluding carboxylic acids is 1. The third-order valence-corrected chi connectivity index (χ3v) is 4.16. The molecule has 1 N–H and O–H groups in total. The van der Waals surface area contributed by atoms with Crippen LogP contribution in [0.5, 0.6) is 0 Å². The fourth-order valence-corrected chi connectivity index (χ4v) is 2.86. The highest BCUT2D eigenvalue weighted by Gasteiger charge is 2.25. The molecule has 0 fully saturated rings. The molecule has 3 rings (SSSR count). The molecule has 0 aliphatic heterocycles. The standard InChI is InChI=1S/C19H16N4O4/c1-3-13-6-7-14(10-16(13)23(25)26)21-18(24)17-12(2)27-19(15(17)11-20)22-8-4-5-9-22/h4-10H,3H2,1-2H3,(H,21,24). The Morgan fingerprint density at radius 2 is 2.07 bits per heavy atom. The van der Waals surface area contributed by atoms with Crippen LogP contribution in [0.2, 0.25) is 0 Å². The van der Waals surface area contributed by atoms with Crippen LogP contribution in [0.3, 0.4) is 0 Å². The summed E-state index contributed by atoms with van der Waals surface area (Å²) in [6.45, 7) is 3.41. The molecular formula is C19H16N4O4. The van der Waals surface area contributed by atoms with Gasteiger partial charge in [-0.2, -0.15) is 5.26 Å². The van der Waals surface area contributed by atoms with Crippen molar-refractivity contribution in [2.75, 3.05) is 5.32 Å². The summed E-state index contributed by atoms with van der Waals surface area (Å²) in [5.41, 5.74) is 0.984. The molecule has 2 heterocycles. The normalized spacial score (nSPS) is 10.4. The Kier molecular flexibility index (Phi) is 4.77. The van der Waals surface area contributed by atoms with E-state index in [4.69, 9.17) is 4.42 Å².